The summed E-state index contributed by atoms with van der Waals surface area (Å²) in [5.41, 5.74) is 6.58. The predicted octanol–water partition coefficient (Wildman–Crippen LogP) is 4.46. The molecular formula is C24H28N4O2. The highest BCUT2D eigenvalue weighted by atomic mass is 16.2. The van der Waals surface area contributed by atoms with E-state index in [4.69, 9.17) is 0 Å². The van der Waals surface area contributed by atoms with Crippen LogP contribution in [0.1, 0.15) is 40.0 Å². The predicted molar refractivity (Wildman–Crippen MR) is 122 cm³/mol. The lowest BCUT2D eigenvalue weighted by Gasteiger charge is -2.17. The van der Waals surface area contributed by atoms with Gasteiger partial charge in [-0.15, -0.1) is 0 Å². The molecule has 6 nitrogen and oxygen atoms in total. The van der Waals surface area contributed by atoms with Gasteiger partial charge < -0.3 is 9.47 Å². The highest BCUT2D eigenvalue weighted by Crippen LogP contribution is 2.34. The third-order valence-electron chi connectivity index (χ3n) is 5.69. The van der Waals surface area contributed by atoms with Crippen LogP contribution in [-0.2, 0) is 16.1 Å². The van der Waals surface area contributed by atoms with Crippen LogP contribution in [0.2, 0.25) is 0 Å². The molecule has 0 radical (unpaired) electrons. The van der Waals surface area contributed by atoms with Gasteiger partial charge in [0, 0.05) is 52.7 Å². The molecule has 30 heavy (non-hydrogen) atoms. The van der Waals surface area contributed by atoms with Crippen LogP contribution in [-0.4, -0.2) is 28.6 Å². The van der Waals surface area contributed by atoms with Gasteiger partial charge in [-0.1, -0.05) is 31.5 Å². The van der Waals surface area contributed by atoms with Crippen LogP contribution in [0.4, 0.5) is 5.69 Å². The number of fused-ring (bicyclic) bond motifs is 3. The molecule has 3 aromatic rings. The van der Waals surface area contributed by atoms with Crippen LogP contribution >= 0.6 is 0 Å². The fraction of sp³-hybridized carbons (Fsp3) is 0.375. The van der Waals surface area contributed by atoms with Crippen molar-refractivity contribution in [1.29, 1.82) is 0 Å². The van der Waals surface area contributed by atoms with Gasteiger partial charge in [0.25, 0.3) is 0 Å². The van der Waals surface area contributed by atoms with E-state index in [9.17, 15) is 9.59 Å². The van der Waals surface area contributed by atoms with Crippen molar-refractivity contribution < 1.29 is 9.59 Å². The maximum Gasteiger partial charge on any atom is 0.245 e. The van der Waals surface area contributed by atoms with Gasteiger partial charge >= 0.3 is 0 Å². The summed E-state index contributed by atoms with van der Waals surface area (Å²) >= 11 is 0. The maximum absolute atomic E-state index is 12.7. The lowest BCUT2D eigenvalue weighted by atomic mass is 10.1. The number of para-hydroxylation sites is 1. The molecule has 1 atom stereocenters. The number of aromatic nitrogens is 1. The average Bonchev–Trinajstić information content (AvgIpc) is 3.28. The number of carbonyl (C=O) groups is 2. The number of nitrogens with one attached hydrogen (secondary N) is 1. The summed E-state index contributed by atoms with van der Waals surface area (Å²) in [5.74, 6) is -0.618. The van der Waals surface area contributed by atoms with Crippen LogP contribution in [0.3, 0.4) is 0 Å². The van der Waals surface area contributed by atoms with Crippen molar-refractivity contribution in [2.24, 2.45) is 11.0 Å². The van der Waals surface area contributed by atoms with E-state index in [2.05, 4.69) is 58.4 Å². The molecule has 156 valence electrons. The summed E-state index contributed by atoms with van der Waals surface area (Å²) in [6.45, 7) is 7.19. The van der Waals surface area contributed by atoms with Crippen molar-refractivity contribution in [3.8, 4) is 0 Å². The quantitative estimate of drug-likeness (QED) is 0.487. The standard InChI is InChI=1S/C24H28N4O2/c1-4-5-12-27-21-9-7-6-8-19(21)20-14-18(10-11-22(20)27)28-15-17(13-23(28)29)24(30)26-25-16(2)3/h6-11,14,17H,4-5,12-13,15H2,1-3H3,(H,26,30). The van der Waals surface area contributed by atoms with Gasteiger partial charge in [0.15, 0.2) is 0 Å². The van der Waals surface area contributed by atoms with E-state index in [0.717, 1.165) is 36.2 Å². The molecule has 2 amide bonds. The number of aryl methyl sites for hydroxylation is 1. The number of amides is 2. The Morgan fingerprint density at radius 3 is 2.67 bits per heavy atom. The number of nitrogens with zero attached hydrogens (tertiary/aromatic N) is 3. The Bertz CT molecular complexity index is 1140. The molecule has 1 aliphatic rings. The number of benzene rings is 2. The van der Waals surface area contributed by atoms with Crippen molar-refractivity contribution >= 4 is 45.0 Å². The first-order chi connectivity index (χ1) is 14.5. The van der Waals surface area contributed by atoms with Gasteiger partial charge in [-0.25, -0.2) is 5.43 Å². The van der Waals surface area contributed by atoms with Crippen molar-refractivity contribution in [3.05, 3.63) is 42.5 Å². The minimum absolute atomic E-state index is 0.0265. The van der Waals surface area contributed by atoms with Crippen molar-refractivity contribution in [2.45, 2.75) is 46.6 Å². The smallest absolute Gasteiger partial charge is 0.245 e. The normalized spacial score (nSPS) is 16.4. The number of rotatable bonds is 6. The number of unbranched alkanes of at least 4 members (excludes halogenated alkanes) is 1. The Morgan fingerprint density at radius 2 is 1.90 bits per heavy atom. The summed E-state index contributed by atoms with van der Waals surface area (Å²) < 4.78 is 2.37. The highest BCUT2D eigenvalue weighted by molar-refractivity contribution is 6.10. The SMILES string of the molecule is CCCCn1c2ccccc2c2cc(N3CC(C(=O)NN=C(C)C)CC3=O)ccc21. The monoisotopic (exact) mass is 404 g/mol. The van der Waals surface area contributed by atoms with E-state index in [0.29, 0.717) is 6.54 Å². The summed E-state index contributed by atoms with van der Waals surface area (Å²) in [5, 5.41) is 6.32. The Morgan fingerprint density at radius 1 is 1.13 bits per heavy atom. The molecule has 1 N–H and O–H groups in total. The summed E-state index contributed by atoms with van der Waals surface area (Å²) in [6, 6.07) is 14.6. The van der Waals surface area contributed by atoms with E-state index >= 15 is 0 Å². The molecule has 0 saturated carbocycles. The molecule has 1 aromatic heterocycles. The van der Waals surface area contributed by atoms with Gasteiger partial charge in [0.2, 0.25) is 11.8 Å². The van der Waals surface area contributed by atoms with E-state index in [1.165, 1.54) is 16.4 Å². The summed E-state index contributed by atoms with van der Waals surface area (Å²) in [7, 11) is 0. The van der Waals surface area contributed by atoms with Gasteiger partial charge in [-0.2, -0.15) is 5.10 Å². The molecule has 1 aliphatic heterocycles. The molecule has 0 bridgehead atoms. The minimum Gasteiger partial charge on any atom is -0.340 e. The van der Waals surface area contributed by atoms with Crippen LogP contribution < -0.4 is 10.3 Å². The Labute approximate surface area is 176 Å². The first kappa shape index (κ1) is 20.1. The molecule has 0 aliphatic carbocycles. The van der Waals surface area contributed by atoms with Gasteiger partial charge in [-0.3, -0.25) is 9.59 Å². The summed E-state index contributed by atoms with van der Waals surface area (Å²) in [4.78, 5) is 26.8. The zero-order valence-corrected chi connectivity index (χ0v) is 17.8. The lowest BCUT2D eigenvalue weighted by molar-refractivity contribution is -0.126. The number of anilines is 1. The minimum atomic E-state index is -0.387. The first-order valence-corrected chi connectivity index (χ1v) is 10.6. The zero-order chi connectivity index (χ0) is 21.3. The fourth-order valence-corrected chi connectivity index (χ4v) is 4.16. The van der Waals surface area contributed by atoms with Crippen LogP contribution in [0.5, 0.6) is 0 Å². The van der Waals surface area contributed by atoms with E-state index in [-0.39, 0.29) is 24.2 Å². The molecule has 0 spiro atoms. The van der Waals surface area contributed by atoms with Crippen molar-refractivity contribution in [1.82, 2.24) is 9.99 Å². The zero-order valence-electron chi connectivity index (χ0n) is 17.8. The third-order valence-corrected chi connectivity index (χ3v) is 5.69. The molecule has 1 fully saturated rings. The largest absolute Gasteiger partial charge is 0.340 e. The number of hydrogen-bond donors (Lipinski definition) is 1. The van der Waals surface area contributed by atoms with Crippen LogP contribution in [0.25, 0.3) is 21.8 Å². The molecule has 6 heteroatoms. The Hall–Kier alpha value is -3.15. The number of carbonyl (C=O) groups excluding carboxylic acids is 2. The summed E-state index contributed by atoms with van der Waals surface area (Å²) in [6.07, 6.45) is 2.47. The molecule has 2 heterocycles. The Balaban J connectivity index is 1.67. The topological polar surface area (TPSA) is 66.7 Å². The van der Waals surface area contributed by atoms with E-state index < -0.39 is 0 Å². The van der Waals surface area contributed by atoms with Gasteiger partial charge in [0.05, 0.1) is 5.92 Å². The lowest BCUT2D eigenvalue weighted by Crippen LogP contribution is -2.30. The molecular weight excluding hydrogens is 376 g/mol. The first-order valence-electron chi connectivity index (χ1n) is 10.6. The van der Waals surface area contributed by atoms with Crippen LogP contribution in [0, 0.1) is 5.92 Å². The second-order valence-corrected chi connectivity index (χ2v) is 8.16. The molecule has 2 aromatic carbocycles. The second kappa shape index (κ2) is 8.30. The molecule has 4 rings (SSSR count). The van der Waals surface area contributed by atoms with Gasteiger partial charge in [-0.05, 0) is 44.5 Å². The molecule has 1 saturated heterocycles. The Kier molecular flexibility index (Phi) is 5.57. The number of hydrazone groups is 1. The average molecular weight is 405 g/mol. The van der Waals surface area contributed by atoms with Gasteiger partial charge in [0.1, 0.15) is 0 Å². The molecule has 1 unspecified atom stereocenters. The fourth-order valence-electron chi connectivity index (χ4n) is 4.16. The maximum atomic E-state index is 12.7. The van der Waals surface area contributed by atoms with E-state index in [1.807, 2.05) is 19.9 Å². The highest BCUT2D eigenvalue weighted by Gasteiger charge is 2.35. The van der Waals surface area contributed by atoms with Crippen LogP contribution in [0.15, 0.2) is 47.6 Å². The third kappa shape index (κ3) is 3.70. The van der Waals surface area contributed by atoms with Crippen molar-refractivity contribution in [2.75, 3.05) is 11.4 Å². The van der Waals surface area contributed by atoms with Crippen molar-refractivity contribution in [3.63, 3.8) is 0 Å². The second-order valence-electron chi connectivity index (χ2n) is 8.16. The number of hydrogen-bond acceptors (Lipinski definition) is 3. The van der Waals surface area contributed by atoms with E-state index in [1.54, 1.807) is 4.90 Å².